The number of carbonyl (C=O) groups is 1. The quantitative estimate of drug-likeness (QED) is 0.721. The van der Waals surface area contributed by atoms with Gasteiger partial charge in [0.2, 0.25) is 0 Å². The number of hydrogen-bond donors (Lipinski definition) is 0. The Morgan fingerprint density at radius 3 is 2.56 bits per heavy atom. The van der Waals surface area contributed by atoms with E-state index >= 15 is 0 Å². The predicted molar refractivity (Wildman–Crippen MR) is 91.6 cm³/mol. The minimum absolute atomic E-state index is 0.171. The first-order valence-electron chi connectivity index (χ1n) is 8.65. The van der Waals surface area contributed by atoms with E-state index in [0.717, 1.165) is 25.0 Å². The maximum atomic E-state index is 13.3. The summed E-state index contributed by atoms with van der Waals surface area (Å²) >= 11 is 0. The van der Waals surface area contributed by atoms with Crippen LogP contribution in [0.1, 0.15) is 34.3 Å². The molecule has 0 unspecified atom stereocenters. The van der Waals surface area contributed by atoms with Crippen LogP contribution in [-0.2, 0) is 17.5 Å². The number of alkyl halides is 3. The summed E-state index contributed by atoms with van der Waals surface area (Å²) in [5, 5.41) is 0. The van der Waals surface area contributed by atoms with E-state index in [1.165, 1.54) is 30.3 Å². The molecule has 3 rings (SSSR count). The molecular weight excluding hydrogens is 362 g/mol. The molecule has 1 fully saturated rings. The molecule has 2 aromatic rings. The number of hydrogen-bond acceptors (Lipinski definition) is 2. The molecule has 0 aromatic heterocycles. The first kappa shape index (κ1) is 19.4. The van der Waals surface area contributed by atoms with Crippen LogP contribution in [0.25, 0.3) is 0 Å². The molecule has 144 valence electrons. The first-order valence-corrected chi connectivity index (χ1v) is 8.65. The van der Waals surface area contributed by atoms with Gasteiger partial charge in [-0.05, 0) is 48.7 Å². The van der Waals surface area contributed by atoms with Crippen molar-refractivity contribution < 1.29 is 27.1 Å². The van der Waals surface area contributed by atoms with E-state index in [0.29, 0.717) is 24.2 Å². The van der Waals surface area contributed by atoms with Gasteiger partial charge in [-0.1, -0.05) is 18.2 Å². The Kier molecular flexibility index (Phi) is 5.79. The molecule has 1 atom stereocenters. The molecule has 27 heavy (non-hydrogen) atoms. The van der Waals surface area contributed by atoms with Crippen molar-refractivity contribution in [3.63, 3.8) is 0 Å². The SMILES string of the molecule is O=C(c1cccc(F)c1)N1CCC[C@@H](OCc2ccc(C(F)(F)F)cc2)C1. The summed E-state index contributed by atoms with van der Waals surface area (Å²) in [5.74, 6) is -0.717. The molecule has 1 amide bonds. The Balaban J connectivity index is 1.56. The standard InChI is InChI=1S/C20H19F4NO2/c21-17-4-1-3-15(11-17)19(26)25-10-2-5-18(12-25)27-13-14-6-8-16(9-7-14)20(22,23)24/h1,3-4,6-9,11,18H,2,5,10,12-13H2/t18-/m1/s1. The zero-order chi connectivity index (χ0) is 19.4. The van der Waals surface area contributed by atoms with Gasteiger partial charge in [-0.3, -0.25) is 4.79 Å². The molecule has 0 spiro atoms. The topological polar surface area (TPSA) is 29.5 Å². The maximum absolute atomic E-state index is 13.3. The Bertz CT molecular complexity index is 789. The van der Waals surface area contributed by atoms with Gasteiger partial charge in [0.1, 0.15) is 5.82 Å². The predicted octanol–water partition coefficient (Wildman–Crippen LogP) is 4.67. The van der Waals surface area contributed by atoms with Crippen molar-refractivity contribution in [3.05, 3.63) is 71.0 Å². The van der Waals surface area contributed by atoms with Crippen LogP contribution in [0.3, 0.4) is 0 Å². The molecule has 1 aliphatic heterocycles. The van der Waals surface area contributed by atoms with E-state index in [-0.39, 0.29) is 18.6 Å². The van der Waals surface area contributed by atoms with Gasteiger partial charge in [-0.15, -0.1) is 0 Å². The fraction of sp³-hybridized carbons (Fsp3) is 0.350. The largest absolute Gasteiger partial charge is 0.416 e. The second-order valence-corrected chi connectivity index (χ2v) is 6.53. The molecule has 0 saturated carbocycles. The Morgan fingerprint density at radius 2 is 1.89 bits per heavy atom. The maximum Gasteiger partial charge on any atom is 0.416 e. The molecule has 0 bridgehead atoms. The van der Waals surface area contributed by atoms with Crippen molar-refractivity contribution in [1.29, 1.82) is 0 Å². The van der Waals surface area contributed by atoms with Gasteiger partial charge in [0, 0.05) is 18.7 Å². The molecule has 1 aliphatic rings. The highest BCUT2D eigenvalue weighted by atomic mass is 19.4. The summed E-state index contributed by atoms with van der Waals surface area (Å²) in [6.07, 6.45) is -3.06. The van der Waals surface area contributed by atoms with Crippen molar-refractivity contribution in [2.45, 2.75) is 31.7 Å². The zero-order valence-corrected chi connectivity index (χ0v) is 14.5. The van der Waals surface area contributed by atoms with E-state index in [9.17, 15) is 22.4 Å². The highest BCUT2D eigenvalue weighted by molar-refractivity contribution is 5.94. The lowest BCUT2D eigenvalue weighted by Gasteiger charge is -2.32. The van der Waals surface area contributed by atoms with Gasteiger partial charge in [-0.2, -0.15) is 13.2 Å². The number of piperidine rings is 1. The Labute approximate surface area is 154 Å². The van der Waals surface area contributed by atoms with E-state index < -0.39 is 17.6 Å². The lowest BCUT2D eigenvalue weighted by atomic mass is 10.1. The van der Waals surface area contributed by atoms with Gasteiger partial charge >= 0.3 is 6.18 Å². The zero-order valence-electron chi connectivity index (χ0n) is 14.5. The smallest absolute Gasteiger partial charge is 0.372 e. The van der Waals surface area contributed by atoms with Gasteiger partial charge in [0.05, 0.1) is 18.3 Å². The molecule has 0 aliphatic carbocycles. The van der Waals surface area contributed by atoms with Gasteiger partial charge in [0.25, 0.3) is 5.91 Å². The average molecular weight is 381 g/mol. The number of likely N-dealkylation sites (tertiary alicyclic amines) is 1. The lowest BCUT2D eigenvalue weighted by molar-refractivity contribution is -0.137. The summed E-state index contributed by atoms with van der Waals surface area (Å²) in [7, 11) is 0. The normalized spacial score (nSPS) is 17.8. The van der Waals surface area contributed by atoms with Crippen LogP contribution < -0.4 is 0 Å². The molecule has 3 nitrogen and oxygen atoms in total. The highest BCUT2D eigenvalue weighted by Crippen LogP contribution is 2.29. The summed E-state index contributed by atoms with van der Waals surface area (Å²) < 4.78 is 56.9. The minimum atomic E-state index is -4.36. The molecule has 0 N–H and O–H groups in total. The van der Waals surface area contributed by atoms with Gasteiger partial charge in [-0.25, -0.2) is 4.39 Å². The fourth-order valence-corrected chi connectivity index (χ4v) is 3.07. The van der Waals surface area contributed by atoms with Crippen LogP contribution >= 0.6 is 0 Å². The van der Waals surface area contributed by atoms with Crippen molar-refractivity contribution in [3.8, 4) is 0 Å². The molecular formula is C20H19F4NO2. The fourth-order valence-electron chi connectivity index (χ4n) is 3.07. The minimum Gasteiger partial charge on any atom is -0.372 e. The highest BCUT2D eigenvalue weighted by Gasteiger charge is 2.30. The second kappa shape index (κ2) is 8.08. The number of carbonyl (C=O) groups excluding carboxylic acids is 1. The third-order valence-corrected chi connectivity index (χ3v) is 4.50. The van der Waals surface area contributed by atoms with Crippen LogP contribution in [0.15, 0.2) is 48.5 Å². The number of amides is 1. The third kappa shape index (κ3) is 5.07. The number of rotatable bonds is 4. The molecule has 0 radical (unpaired) electrons. The van der Waals surface area contributed by atoms with E-state index in [4.69, 9.17) is 4.74 Å². The van der Waals surface area contributed by atoms with Gasteiger partial charge in [0.15, 0.2) is 0 Å². The number of benzene rings is 2. The third-order valence-electron chi connectivity index (χ3n) is 4.50. The summed E-state index contributed by atoms with van der Waals surface area (Å²) in [5.41, 5.74) is 0.228. The molecule has 2 aromatic carbocycles. The van der Waals surface area contributed by atoms with Crippen LogP contribution in [0.5, 0.6) is 0 Å². The average Bonchev–Trinajstić information content (AvgIpc) is 2.65. The molecule has 7 heteroatoms. The Morgan fingerprint density at radius 1 is 1.15 bits per heavy atom. The monoisotopic (exact) mass is 381 g/mol. The molecule has 1 heterocycles. The Hall–Kier alpha value is -2.41. The van der Waals surface area contributed by atoms with Crippen LogP contribution in [0.4, 0.5) is 17.6 Å². The summed E-state index contributed by atoms with van der Waals surface area (Å²) in [4.78, 5) is 14.1. The van der Waals surface area contributed by atoms with Crippen LogP contribution in [-0.4, -0.2) is 30.0 Å². The van der Waals surface area contributed by atoms with Crippen molar-refractivity contribution in [2.24, 2.45) is 0 Å². The number of nitrogens with zero attached hydrogens (tertiary/aromatic N) is 1. The van der Waals surface area contributed by atoms with Crippen molar-refractivity contribution in [2.75, 3.05) is 13.1 Å². The number of halogens is 4. The van der Waals surface area contributed by atoms with Crippen LogP contribution in [0.2, 0.25) is 0 Å². The second-order valence-electron chi connectivity index (χ2n) is 6.53. The van der Waals surface area contributed by atoms with E-state index in [2.05, 4.69) is 0 Å². The summed E-state index contributed by atoms with van der Waals surface area (Å²) in [6.45, 7) is 1.11. The van der Waals surface area contributed by atoms with Crippen molar-refractivity contribution in [1.82, 2.24) is 4.90 Å². The molecule has 1 saturated heterocycles. The van der Waals surface area contributed by atoms with E-state index in [1.807, 2.05) is 0 Å². The van der Waals surface area contributed by atoms with Gasteiger partial charge < -0.3 is 9.64 Å². The summed E-state index contributed by atoms with van der Waals surface area (Å²) in [6, 6.07) is 10.4. The van der Waals surface area contributed by atoms with Crippen LogP contribution in [0, 0.1) is 5.82 Å². The van der Waals surface area contributed by atoms with E-state index in [1.54, 1.807) is 11.0 Å². The lowest BCUT2D eigenvalue weighted by Crippen LogP contribution is -2.43. The number of ether oxygens (including phenoxy) is 1. The first-order chi connectivity index (χ1) is 12.8. The van der Waals surface area contributed by atoms with Crippen molar-refractivity contribution >= 4 is 5.91 Å².